The van der Waals surface area contributed by atoms with Crippen LogP contribution in [0.15, 0.2) is 12.1 Å². The van der Waals surface area contributed by atoms with E-state index in [0.29, 0.717) is 6.29 Å². The highest BCUT2D eigenvalue weighted by Gasteiger charge is 2.20. The zero-order valence-corrected chi connectivity index (χ0v) is 8.22. The number of nitro benzene ring substituents is 1. The molecular weight excluding hydrogens is 202 g/mol. The molecule has 0 atom stereocenters. The fourth-order valence-corrected chi connectivity index (χ4v) is 1.17. The largest absolute Gasteiger partial charge is 0.496 e. The summed E-state index contributed by atoms with van der Waals surface area (Å²) >= 11 is 0. The van der Waals surface area contributed by atoms with Crippen LogP contribution >= 0.6 is 0 Å². The summed E-state index contributed by atoms with van der Waals surface area (Å²) in [5, 5.41) is 10.7. The van der Waals surface area contributed by atoms with Gasteiger partial charge in [0.25, 0.3) is 0 Å². The highest BCUT2D eigenvalue weighted by molar-refractivity contribution is 5.83. The molecule has 0 spiro atoms. The van der Waals surface area contributed by atoms with E-state index in [4.69, 9.17) is 9.47 Å². The molecule has 0 saturated heterocycles. The topological polar surface area (TPSA) is 78.7 Å². The summed E-state index contributed by atoms with van der Waals surface area (Å²) in [4.78, 5) is 20.7. The number of ether oxygens (including phenoxy) is 2. The molecule has 0 amide bonds. The van der Waals surface area contributed by atoms with Crippen molar-refractivity contribution in [3.8, 4) is 11.5 Å². The molecular formula is C9H9NO5. The van der Waals surface area contributed by atoms with E-state index in [-0.39, 0.29) is 22.7 Å². The van der Waals surface area contributed by atoms with Gasteiger partial charge in [0.15, 0.2) is 6.29 Å². The van der Waals surface area contributed by atoms with Crippen molar-refractivity contribution >= 4 is 12.0 Å². The summed E-state index contributed by atoms with van der Waals surface area (Å²) in [7, 11) is 2.63. The predicted octanol–water partition coefficient (Wildman–Crippen LogP) is 1.42. The van der Waals surface area contributed by atoms with Crippen molar-refractivity contribution in [3.05, 3.63) is 27.8 Å². The highest BCUT2D eigenvalue weighted by Crippen LogP contribution is 2.34. The van der Waals surface area contributed by atoms with Gasteiger partial charge in [-0.1, -0.05) is 0 Å². The van der Waals surface area contributed by atoms with Gasteiger partial charge in [-0.2, -0.15) is 0 Å². The Morgan fingerprint density at radius 2 is 2.00 bits per heavy atom. The zero-order valence-electron chi connectivity index (χ0n) is 8.22. The Bertz CT molecular complexity index is 402. The Labute approximate surface area is 85.6 Å². The van der Waals surface area contributed by atoms with Gasteiger partial charge in [0, 0.05) is 0 Å². The molecule has 6 nitrogen and oxygen atoms in total. The molecule has 0 fully saturated rings. The fraction of sp³-hybridized carbons (Fsp3) is 0.222. The minimum absolute atomic E-state index is 0.0594. The number of nitro groups is 1. The standard InChI is InChI=1S/C9H9NO5/c1-14-7-3-6(5-11)9(15-2)8(4-7)10(12)13/h3-5H,1-2H3. The monoisotopic (exact) mass is 211 g/mol. The van der Waals surface area contributed by atoms with E-state index < -0.39 is 4.92 Å². The lowest BCUT2D eigenvalue weighted by Gasteiger charge is -2.06. The minimum atomic E-state index is -0.631. The number of carbonyl (C=O) groups is 1. The molecule has 0 aliphatic heterocycles. The van der Waals surface area contributed by atoms with Crippen LogP contribution < -0.4 is 9.47 Å². The van der Waals surface area contributed by atoms with Crippen LogP contribution in [-0.2, 0) is 0 Å². The lowest BCUT2D eigenvalue weighted by molar-refractivity contribution is -0.385. The normalized spacial score (nSPS) is 9.47. The van der Waals surface area contributed by atoms with Crippen molar-refractivity contribution in [2.75, 3.05) is 14.2 Å². The molecule has 0 radical (unpaired) electrons. The van der Waals surface area contributed by atoms with Gasteiger partial charge in [-0.05, 0) is 6.07 Å². The molecule has 80 valence electrons. The van der Waals surface area contributed by atoms with Gasteiger partial charge in [0.1, 0.15) is 5.75 Å². The zero-order chi connectivity index (χ0) is 11.4. The Balaban J connectivity index is 3.45. The van der Waals surface area contributed by atoms with Gasteiger partial charge in [-0.3, -0.25) is 14.9 Å². The average molecular weight is 211 g/mol. The number of aldehydes is 1. The van der Waals surface area contributed by atoms with Crippen LogP contribution in [0, 0.1) is 10.1 Å². The summed E-state index contributed by atoms with van der Waals surface area (Å²) < 4.78 is 9.63. The first-order valence-corrected chi connectivity index (χ1v) is 3.99. The van der Waals surface area contributed by atoms with Crippen LogP contribution in [0.2, 0.25) is 0 Å². The molecule has 0 aliphatic rings. The molecule has 0 saturated carbocycles. The Morgan fingerprint density at radius 3 is 2.40 bits per heavy atom. The van der Waals surface area contributed by atoms with Gasteiger partial charge >= 0.3 is 5.69 Å². The molecule has 0 heterocycles. The molecule has 1 aromatic rings. The molecule has 0 unspecified atom stereocenters. The summed E-state index contributed by atoms with van der Waals surface area (Å²) in [5.74, 6) is 0.181. The summed E-state index contributed by atoms with van der Waals surface area (Å²) in [6.45, 7) is 0. The lowest BCUT2D eigenvalue weighted by Crippen LogP contribution is -1.99. The number of rotatable bonds is 4. The van der Waals surface area contributed by atoms with E-state index in [1.54, 1.807) is 0 Å². The van der Waals surface area contributed by atoms with Crippen molar-refractivity contribution in [2.24, 2.45) is 0 Å². The fourth-order valence-electron chi connectivity index (χ4n) is 1.17. The Kier molecular flexibility index (Phi) is 3.22. The van der Waals surface area contributed by atoms with E-state index in [1.165, 1.54) is 26.4 Å². The van der Waals surface area contributed by atoms with Crippen molar-refractivity contribution in [2.45, 2.75) is 0 Å². The summed E-state index contributed by atoms with van der Waals surface area (Å²) in [6, 6.07) is 2.57. The van der Waals surface area contributed by atoms with E-state index in [2.05, 4.69) is 0 Å². The number of carbonyl (C=O) groups excluding carboxylic acids is 1. The van der Waals surface area contributed by atoms with Crippen LogP contribution in [0.25, 0.3) is 0 Å². The molecule has 0 bridgehead atoms. The minimum Gasteiger partial charge on any atom is -0.496 e. The lowest BCUT2D eigenvalue weighted by atomic mass is 10.2. The average Bonchev–Trinajstić information content (AvgIpc) is 2.26. The number of benzene rings is 1. The third-order valence-electron chi connectivity index (χ3n) is 1.84. The molecule has 0 N–H and O–H groups in total. The first-order chi connectivity index (χ1) is 7.13. The first kappa shape index (κ1) is 11.0. The maximum absolute atomic E-state index is 10.7. The quantitative estimate of drug-likeness (QED) is 0.427. The molecule has 0 aliphatic carbocycles. The van der Waals surface area contributed by atoms with E-state index >= 15 is 0 Å². The number of hydrogen-bond donors (Lipinski definition) is 0. The number of hydrogen-bond acceptors (Lipinski definition) is 5. The van der Waals surface area contributed by atoms with E-state index in [9.17, 15) is 14.9 Å². The second kappa shape index (κ2) is 4.41. The summed E-state index contributed by atoms with van der Waals surface area (Å²) in [6.07, 6.45) is 0.481. The summed E-state index contributed by atoms with van der Waals surface area (Å²) in [5.41, 5.74) is -0.206. The van der Waals surface area contributed by atoms with Gasteiger partial charge in [-0.25, -0.2) is 0 Å². The smallest absolute Gasteiger partial charge is 0.315 e. The van der Waals surface area contributed by atoms with Crippen molar-refractivity contribution < 1.29 is 19.2 Å². The SMILES string of the molecule is COc1cc(C=O)c(OC)c([N+](=O)[O-])c1. The number of methoxy groups -OCH3 is 2. The predicted molar refractivity (Wildman–Crippen MR) is 51.6 cm³/mol. The molecule has 15 heavy (non-hydrogen) atoms. The second-order valence-corrected chi connectivity index (χ2v) is 2.64. The maximum atomic E-state index is 10.7. The molecule has 1 aromatic carbocycles. The van der Waals surface area contributed by atoms with Gasteiger partial charge < -0.3 is 9.47 Å². The van der Waals surface area contributed by atoms with Gasteiger partial charge in [-0.15, -0.1) is 0 Å². The molecule has 6 heteroatoms. The molecule has 1 rings (SSSR count). The highest BCUT2D eigenvalue weighted by atomic mass is 16.6. The maximum Gasteiger partial charge on any atom is 0.315 e. The first-order valence-electron chi connectivity index (χ1n) is 3.99. The van der Waals surface area contributed by atoms with Crippen molar-refractivity contribution in [3.63, 3.8) is 0 Å². The second-order valence-electron chi connectivity index (χ2n) is 2.64. The van der Waals surface area contributed by atoms with Crippen molar-refractivity contribution in [1.82, 2.24) is 0 Å². The third kappa shape index (κ3) is 2.04. The van der Waals surface area contributed by atoms with Gasteiger partial charge in [0.2, 0.25) is 5.75 Å². The van der Waals surface area contributed by atoms with Crippen LogP contribution in [-0.4, -0.2) is 25.4 Å². The number of nitrogens with zero attached hydrogens (tertiary/aromatic N) is 1. The van der Waals surface area contributed by atoms with Crippen LogP contribution in [0.5, 0.6) is 11.5 Å². The van der Waals surface area contributed by atoms with Crippen molar-refractivity contribution in [1.29, 1.82) is 0 Å². The van der Waals surface area contributed by atoms with Crippen LogP contribution in [0.4, 0.5) is 5.69 Å². The van der Waals surface area contributed by atoms with E-state index in [0.717, 1.165) is 0 Å². The van der Waals surface area contributed by atoms with Crippen LogP contribution in [0.3, 0.4) is 0 Å². The third-order valence-corrected chi connectivity index (χ3v) is 1.84. The Morgan fingerprint density at radius 1 is 1.33 bits per heavy atom. The van der Waals surface area contributed by atoms with Gasteiger partial charge in [0.05, 0.1) is 30.8 Å². The molecule has 0 aromatic heterocycles. The van der Waals surface area contributed by atoms with E-state index in [1.807, 2.05) is 0 Å². The Hall–Kier alpha value is -2.11. The van der Waals surface area contributed by atoms with Crippen LogP contribution in [0.1, 0.15) is 10.4 Å².